The third kappa shape index (κ3) is 2.24. The van der Waals surface area contributed by atoms with Gasteiger partial charge >= 0.3 is 0 Å². The number of hydrogen-bond donors (Lipinski definition) is 0. The molecule has 2 aromatic rings. The van der Waals surface area contributed by atoms with Crippen molar-refractivity contribution in [1.29, 1.82) is 0 Å². The molecule has 0 saturated carbocycles. The van der Waals surface area contributed by atoms with Crippen molar-refractivity contribution in [2.45, 2.75) is 24.6 Å². The second-order valence-electron chi connectivity index (χ2n) is 5.43. The van der Waals surface area contributed by atoms with E-state index in [-0.39, 0.29) is 10.8 Å². The Balaban J connectivity index is 1.99. The van der Waals surface area contributed by atoms with Crippen LogP contribution in [0.4, 0.5) is 0 Å². The molecule has 1 aliphatic rings. The molecule has 0 saturated heterocycles. The number of halogens is 2. The van der Waals surface area contributed by atoms with E-state index in [0.717, 1.165) is 11.3 Å². The van der Waals surface area contributed by atoms with E-state index in [0.29, 0.717) is 17.6 Å². The summed E-state index contributed by atoms with van der Waals surface area (Å²) in [4.78, 5) is 0. The lowest BCUT2D eigenvalue weighted by molar-refractivity contribution is 0.291. The summed E-state index contributed by atoms with van der Waals surface area (Å²) in [6.45, 7) is 5.02. The summed E-state index contributed by atoms with van der Waals surface area (Å²) < 4.78 is 11.0. The first-order valence-electron chi connectivity index (χ1n) is 6.14. The zero-order valence-electron chi connectivity index (χ0n) is 10.7. The number of hydrogen-bond acceptors (Lipinski definition) is 2. The van der Waals surface area contributed by atoms with Crippen LogP contribution in [0, 0.1) is 0 Å². The van der Waals surface area contributed by atoms with Crippen LogP contribution in [0.2, 0.25) is 5.22 Å². The lowest BCUT2D eigenvalue weighted by Gasteiger charge is -2.16. The van der Waals surface area contributed by atoms with Crippen molar-refractivity contribution < 1.29 is 9.15 Å². The Morgan fingerprint density at radius 1 is 1.21 bits per heavy atom. The van der Waals surface area contributed by atoms with Crippen molar-refractivity contribution in [3.05, 3.63) is 52.4 Å². The van der Waals surface area contributed by atoms with Crippen LogP contribution < -0.4 is 4.74 Å². The summed E-state index contributed by atoms with van der Waals surface area (Å²) in [5.74, 6) is 1.60. The molecule has 0 N–H and O–H groups in total. The Hall–Kier alpha value is -1.12. The van der Waals surface area contributed by atoms with Crippen LogP contribution in [0.15, 0.2) is 34.7 Å². The van der Waals surface area contributed by atoms with E-state index in [9.17, 15) is 0 Å². The average molecular weight is 297 g/mol. The lowest BCUT2D eigenvalue weighted by atomic mass is 9.86. The van der Waals surface area contributed by atoms with Gasteiger partial charge in [-0.15, -0.1) is 11.6 Å². The molecule has 0 spiro atoms. The maximum Gasteiger partial charge on any atom is 0.193 e. The standard InChI is InChI=1S/C15H14Cl2O2/c1-15(2)8-18-11-4-3-9(7-10(11)15)14(17)12-5-6-13(16)19-12/h3-7,14H,8H2,1-2H3. The fraction of sp³-hybridized carbons (Fsp3) is 0.333. The van der Waals surface area contributed by atoms with Crippen molar-refractivity contribution >= 4 is 23.2 Å². The first-order valence-corrected chi connectivity index (χ1v) is 6.95. The van der Waals surface area contributed by atoms with Gasteiger partial charge in [-0.05, 0) is 41.4 Å². The van der Waals surface area contributed by atoms with Crippen LogP contribution in [-0.4, -0.2) is 6.61 Å². The highest BCUT2D eigenvalue weighted by molar-refractivity contribution is 6.29. The summed E-state index contributed by atoms with van der Waals surface area (Å²) in [6, 6.07) is 9.53. The molecule has 2 nitrogen and oxygen atoms in total. The molecule has 100 valence electrons. The van der Waals surface area contributed by atoms with Crippen LogP contribution in [-0.2, 0) is 5.41 Å². The van der Waals surface area contributed by atoms with Crippen LogP contribution >= 0.6 is 23.2 Å². The fourth-order valence-corrected chi connectivity index (χ4v) is 2.73. The van der Waals surface area contributed by atoms with Crippen LogP contribution in [0.3, 0.4) is 0 Å². The largest absolute Gasteiger partial charge is 0.492 e. The molecule has 4 heteroatoms. The number of rotatable bonds is 2. The van der Waals surface area contributed by atoms with Crippen molar-refractivity contribution in [2.75, 3.05) is 6.61 Å². The van der Waals surface area contributed by atoms with Gasteiger partial charge in [0.25, 0.3) is 0 Å². The molecular weight excluding hydrogens is 283 g/mol. The van der Waals surface area contributed by atoms with E-state index in [4.69, 9.17) is 32.4 Å². The molecule has 1 atom stereocenters. The van der Waals surface area contributed by atoms with Crippen molar-refractivity contribution in [2.24, 2.45) is 0 Å². The van der Waals surface area contributed by atoms with Gasteiger partial charge in [-0.3, -0.25) is 0 Å². The molecule has 3 rings (SSSR count). The Bertz CT molecular complexity index is 616. The molecular formula is C15H14Cl2O2. The van der Waals surface area contributed by atoms with E-state index < -0.39 is 0 Å². The molecule has 2 heterocycles. The molecule has 1 unspecified atom stereocenters. The normalized spacial score (nSPS) is 17.9. The van der Waals surface area contributed by atoms with Gasteiger partial charge in [-0.25, -0.2) is 0 Å². The second-order valence-corrected chi connectivity index (χ2v) is 6.24. The molecule has 1 aliphatic heterocycles. The first kappa shape index (κ1) is 12.9. The number of ether oxygens (including phenoxy) is 1. The van der Waals surface area contributed by atoms with E-state index in [1.54, 1.807) is 12.1 Å². The molecule has 19 heavy (non-hydrogen) atoms. The van der Waals surface area contributed by atoms with Gasteiger partial charge in [0.15, 0.2) is 5.22 Å². The minimum Gasteiger partial charge on any atom is -0.492 e. The third-order valence-electron chi connectivity index (χ3n) is 3.46. The van der Waals surface area contributed by atoms with Gasteiger partial charge in [0.05, 0.1) is 6.61 Å². The molecule has 0 fully saturated rings. The molecule has 1 aromatic carbocycles. The van der Waals surface area contributed by atoms with Crippen molar-refractivity contribution in [3.63, 3.8) is 0 Å². The van der Waals surface area contributed by atoms with Crippen LogP contribution in [0.1, 0.15) is 36.1 Å². The minimum absolute atomic E-state index is 0.0166. The Labute approximate surface area is 122 Å². The molecule has 0 bridgehead atoms. The highest BCUT2D eigenvalue weighted by atomic mass is 35.5. The van der Waals surface area contributed by atoms with E-state index in [1.165, 1.54) is 5.56 Å². The Morgan fingerprint density at radius 2 is 2.00 bits per heavy atom. The van der Waals surface area contributed by atoms with Crippen LogP contribution in [0.25, 0.3) is 0 Å². The second kappa shape index (κ2) is 4.46. The maximum atomic E-state index is 6.45. The van der Waals surface area contributed by atoms with Gasteiger partial charge in [0.2, 0.25) is 0 Å². The molecule has 0 radical (unpaired) electrons. The summed E-state index contributed by atoms with van der Waals surface area (Å²) in [6.07, 6.45) is 0. The van der Waals surface area contributed by atoms with Gasteiger partial charge in [-0.2, -0.15) is 0 Å². The number of benzene rings is 1. The summed E-state index contributed by atoms with van der Waals surface area (Å²) in [7, 11) is 0. The predicted octanol–water partition coefficient (Wildman–Crippen LogP) is 4.93. The maximum absolute atomic E-state index is 6.45. The van der Waals surface area contributed by atoms with E-state index in [2.05, 4.69) is 19.9 Å². The Kier molecular flexibility index (Phi) is 3.03. The predicted molar refractivity (Wildman–Crippen MR) is 76.4 cm³/mol. The lowest BCUT2D eigenvalue weighted by Crippen LogP contribution is -2.18. The zero-order chi connectivity index (χ0) is 13.6. The first-order chi connectivity index (χ1) is 8.97. The minimum atomic E-state index is -0.339. The average Bonchev–Trinajstić information content (AvgIpc) is 2.93. The molecule has 0 aliphatic carbocycles. The van der Waals surface area contributed by atoms with Crippen LogP contribution in [0.5, 0.6) is 5.75 Å². The van der Waals surface area contributed by atoms with Crippen molar-refractivity contribution in [3.8, 4) is 5.75 Å². The van der Waals surface area contributed by atoms with E-state index in [1.807, 2.05) is 12.1 Å². The van der Waals surface area contributed by atoms with Gasteiger partial charge in [0.1, 0.15) is 16.9 Å². The van der Waals surface area contributed by atoms with Gasteiger partial charge < -0.3 is 9.15 Å². The number of fused-ring (bicyclic) bond motifs is 1. The highest BCUT2D eigenvalue weighted by Crippen LogP contribution is 2.41. The summed E-state index contributed by atoms with van der Waals surface area (Å²) >= 11 is 12.2. The smallest absolute Gasteiger partial charge is 0.193 e. The monoisotopic (exact) mass is 296 g/mol. The third-order valence-corrected chi connectivity index (χ3v) is 4.13. The van der Waals surface area contributed by atoms with Crippen molar-refractivity contribution in [1.82, 2.24) is 0 Å². The zero-order valence-corrected chi connectivity index (χ0v) is 12.3. The Morgan fingerprint density at radius 3 is 2.68 bits per heavy atom. The van der Waals surface area contributed by atoms with Gasteiger partial charge in [0, 0.05) is 11.0 Å². The highest BCUT2D eigenvalue weighted by Gasteiger charge is 2.32. The summed E-state index contributed by atoms with van der Waals surface area (Å²) in [5, 5.41) is 0.0136. The van der Waals surface area contributed by atoms with Gasteiger partial charge in [-0.1, -0.05) is 19.9 Å². The molecule has 0 amide bonds. The van der Waals surface area contributed by atoms with E-state index >= 15 is 0 Å². The topological polar surface area (TPSA) is 22.4 Å². The quantitative estimate of drug-likeness (QED) is 0.733. The SMILES string of the molecule is CC1(C)COc2ccc(C(Cl)c3ccc(Cl)o3)cc21. The number of furan rings is 1. The molecule has 1 aromatic heterocycles. The number of alkyl halides is 1. The summed E-state index contributed by atoms with van der Waals surface area (Å²) in [5.41, 5.74) is 2.20. The fourth-order valence-electron chi connectivity index (χ4n) is 2.32.